The molecule has 0 aliphatic carbocycles. The van der Waals surface area contributed by atoms with E-state index in [2.05, 4.69) is 22.0 Å². The zero-order valence-corrected chi connectivity index (χ0v) is 16.3. The molecule has 0 saturated carbocycles. The predicted octanol–water partition coefficient (Wildman–Crippen LogP) is 1.22. The fourth-order valence-corrected chi connectivity index (χ4v) is 4.15. The maximum absolute atomic E-state index is 12.4. The first-order valence-electron chi connectivity index (χ1n) is 9.01. The van der Waals surface area contributed by atoms with Crippen LogP contribution in [0.4, 0.5) is 0 Å². The lowest BCUT2D eigenvalue weighted by molar-refractivity contribution is 0.0928. The van der Waals surface area contributed by atoms with Crippen LogP contribution in [0.2, 0.25) is 0 Å². The number of amides is 1. The van der Waals surface area contributed by atoms with Gasteiger partial charge in [-0.3, -0.25) is 4.79 Å². The lowest BCUT2D eigenvalue weighted by atomic mass is 10.0. The van der Waals surface area contributed by atoms with E-state index in [0.29, 0.717) is 37.7 Å². The van der Waals surface area contributed by atoms with Gasteiger partial charge in [-0.2, -0.15) is 0 Å². The molecule has 1 aliphatic rings. The van der Waals surface area contributed by atoms with Crippen LogP contribution in [0.1, 0.15) is 36.0 Å². The van der Waals surface area contributed by atoms with Crippen LogP contribution in [-0.2, 0) is 14.8 Å². The normalized spacial score (nSPS) is 18.6. The summed E-state index contributed by atoms with van der Waals surface area (Å²) in [6, 6.07) is 6.46. The third-order valence-electron chi connectivity index (χ3n) is 4.64. The topological polar surface area (TPSA) is 87.7 Å². The van der Waals surface area contributed by atoms with Crippen LogP contribution in [0.5, 0.6) is 0 Å². The van der Waals surface area contributed by atoms with E-state index in [-0.39, 0.29) is 10.8 Å². The minimum absolute atomic E-state index is 0.0948. The second-order valence-corrected chi connectivity index (χ2v) is 8.38. The second-order valence-electron chi connectivity index (χ2n) is 6.61. The van der Waals surface area contributed by atoms with Crippen LogP contribution in [0.25, 0.3) is 0 Å². The van der Waals surface area contributed by atoms with E-state index in [9.17, 15) is 13.2 Å². The number of carbonyl (C=O) groups is 1. The molecule has 1 aliphatic heterocycles. The van der Waals surface area contributed by atoms with E-state index in [1.165, 1.54) is 25.0 Å². The number of nitrogens with one attached hydrogen (secondary N) is 2. The fourth-order valence-electron chi connectivity index (χ4n) is 3.03. The van der Waals surface area contributed by atoms with E-state index in [0.717, 1.165) is 13.0 Å². The SMILES string of the molecule is COCCCNS(=O)(=O)c1cccc(C(=O)NC[C@@H]2CCCCN2C)c1. The van der Waals surface area contributed by atoms with Gasteiger partial charge in [-0.05, 0) is 51.1 Å². The van der Waals surface area contributed by atoms with Gasteiger partial charge in [0.05, 0.1) is 4.90 Å². The van der Waals surface area contributed by atoms with Gasteiger partial charge >= 0.3 is 0 Å². The first-order valence-corrected chi connectivity index (χ1v) is 10.5. The Kier molecular flexibility index (Phi) is 8.02. The van der Waals surface area contributed by atoms with Crippen molar-refractivity contribution in [1.29, 1.82) is 0 Å². The molecule has 8 heteroatoms. The van der Waals surface area contributed by atoms with E-state index < -0.39 is 10.0 Å². The van der Waals surface area contributed by atoms with Gasteiger partial charge < -0.3 is 15.0 Å². The Labute approximate surface area is 156 Å². The summed E-state index contributed by atoms with van der Waals surface area (Å²) in [7, 11) is 0.00424. The number of piperidine rings is 1. The first-order chi connectivity index (χ1) is 12.4. The summed E-state index contributed by atoms with van der Waals surface area (Å²) < 4.78 is 32.1. The van der Waals surface area contributed by atoms with Crippen LogP contribution >= 0.6 is 0 Å². The Bertz CT molecular complexity index is 693. The van der Waals surface area contributed by atoms with E-state index >= 15 is 0 Å². The quantitative estimate of drug-likeness (QED) is 0.626. The molecule has 146 valence electrons. The van der Waals surface area contributed by atoms with Crippen molar-refractivity contribution in [2.45, 2.75) is 36.6 Å². The predicted molar refractivity (Wildman–Crippen MR) is 101 cm³/mol. The van der Waals surface area contributed by atoms with Crippen molar-refractivity contribution < 1.29 is 17.9 Å². The van der Waals surface area contributed by atoms with Crippen molar-refractivity contribution in [3.63, 3.8) is 0 Å². The lowest BCUT2D eigenvalue weighted by Crippen LogP contribution is -2.44. The van der Waals surface area contributed by atoms with Gasteiger partial charge in [-0.1, -0.05) is 12.5 Å². The Morgan fingerprint density at radius 3 is 2.88 bits per heavy atom. The molecule has 0 radical (unpaired) electrons. The number of hydrogen-bond donors (Lipinski definition) is 2. The third-order valence-corrected chi connectivity index (χ3v) is 6.10. The van der Waals surface area contributed by atoms with Gasteiger partial charge in [0.25, 0.3) is 5.91 Å². The van der Waals surface area contributed by atoms with Gasteiger partial charge in [0.1, 0.15) is 0 Å². The van der Waals surface area contributed by atoms with Crippen LogP contribution in [0, 0.1) is 0 Å². The summed E-state index contributed by atoms with van der Waals surface area (Å²) in [5, 5.41) is 2.93. The lowest BCUT2D eigenvalue weighted by Gasteiger charge is -2.32. The Balaban J connectivity index is 1.95. The number of methoxy groups -OCH3 is 1. The molecule has 1 amide bonds. The van der Waals surface area contributed by atoms with E-state index in [4.69, 9.17) is 4.74 Å². The van der Waals surface area contributed by atoms with E-state index in [1.54, 1.807) is 19.2 Å². The highest BCUT2D eigenvalue weighted by molar-refractivity contribution is 7.89. The fraction of sp³-hybridized carbons (Fsp3) is 0.611. The average Bonchev–Trinajstić information content (AvgIpc) is 2.64. The van der Waals surface area contributed by atoms with Crippen LogP contribution in [0.3, 0.4) is 0 Å². The number of carbonyl (C=O) groups excluding carboxylic acids is 1. The van der Waals surface area contributed by atoms with Crippen LogP contribution in [-0.4, -0.2) is 65.7 Å². The Morgan fingerprint density at radius 2 is 2.15 bits per heavy atom. The molecule has 1 fully saturated rings. The smallest absolute Gasteiger partial charge is 0.251 e. The van der Waals surface area contributed by atoms with Gasteiger partial charge in [0.2, 0.25) is 10.0 Å². The van der Waals surface area contributed by atoms with Crippen molar-refractivity contribution in [2.75, 3.05) is 40.4 Å². The summed E-state index contributed by atoms with van der Waals surface area (Å²) in [6.45, 7) is 2.39. The summed E-state index contributed by atoms with van der Waals surface area (Å²) in [6.07, 6.45) is 4.02. The largest absolute Gasteiger partial charge is 0.385 e. The summed E-state index contributed by atoms with van der Waals surface area (Å²) in [5.41, 5.74) is 0.350. The number of likely N-dealkylation sites (N-methyl/N-ethyl adjacent to an activating group) is 1. The first kappa shape index (κ1) is 20.8. The highest BCUT2D eigenvalue weighted by Crippen LogP contribution is 2.15. The standard InChI is InChI=1S/C18H29N3O4S/c1-21-11-4-3-8-16(21)14-19-18(22)15-7-5-9-17(13-15)26(23,24)20-10-6-12-25-2/h5,7,9,13,16,20H,3-4,6,8,10-12,14H2,1-2H3,(H,19,22)/t16-/m0/s1. The number of hydrogen-bond acceptors (Lipinski definition) is 5. The molecule has 1 heterocycles. The minimum atomic E-state index is -3.63. The molecule has 0 aromatic heterocycles. The maximum Gasteiger partial charge on any atom is 0.251 e. The van der Waals surface area contributed by atoms with Gasteiger partial charge in [0, 0.05) is 38.4 Å². The van der Waals surface area contributed by atoms with Gasteiger partial charge in [-0.25, -0.2) is 13.1 Å². The monoisotopic (exact) mass is 383 g/mol. The zero-order chi connectivity index (χ0) is 19.0. The van der Waals surface area contributed by atoms with E-state index in [1.807, 2.05) is 0 Å². The number of sulfonamides is 1. The van der Waals surface area contributed by atoms with Crippen LogP contribution in [0.15, 0.2) is 29.2 Å². The summed E-state index contributed by atoms with van der Waals surface area (Å²) >= 11 is 0. The number of likely N-dealkylation sites (tertiary alicyclic amines) is 1. The van der Waals surface area contributed by atoms with Gasteiger partial charge in [0.15, 0.2) is 0 Å². The highest BCUT2D eigenvalue weighted by Gasteiger charge is 2.20. The summed E-state index contributed by atoms with van der Waals surface area (Å²) in [5.74, 6) is -0.250. The van der Waals surface area contributed by atoms with Gasteiger partial charge in [-0.15, -0.1) is 0 Å². The number of ether oxygens (including phenoxy) is 1. The maximum atomic E-state index is 12.4. The number of rotatable bonds is 9. The number of benzene rings is 1. The molecule has 0 bridgehead atoms. The molecular formula is C18H29N3O4S. The molecule has 26 heavy (non-hydrogen) atoms. The molecule has 2 rings (SSSR count). The molecular weight excluding hydrogens is 354 g/mol. The molecule has 1 atom stereocenters. The number of nitrogens with zero attached hydrogens (tertiary/aromatic N) is 1. The molecule has 1 aromatic rings. The second kappa shape index (κ2) is 10.0. The van der Waals surface area contributed by atoms with Crippen molar-refractivity contribution in [1.82, 2.24) is 14.9 Å². The zero-order valence-electron chi connectivity index (χ0n) is 15.5. The molecule has 0 unspecified atom stereocenters. The Morgan fingerprint density at radius 1 is 1.35 bits per heavy atom. The Hall–Kier alpha value is -1.48. The third kappa shape index (κ3) is 6.05. The average molecular weight is 384 g/mol. The molecule has 0 spiro atoms. The van der Waals surface area contributed by atoms with Crippen molar-refractivity contribution >= 4 is 15.9 Å². The van der Waals surface area contributed by atoms with Crippen LogP contribution < -0.4 is 10.0 Å². The summed E-state index contributed by atoms with van der Waals surface area (Å²) in [4.78, 5) is 14.8. The minimum Gasteiger partial charge on any atom is -0.385 e. The highest BCUT2D eigenvalue weighted by atomic mass is 32.2. The molecule has 1 aromatic carbocycles. The molecule has 7 nitrogen and oxygen atoms in total. The van der Waals surface area contributed by atoms with Crippen molar-refractivity contribution in [3.05, 3.63) is 29.8 Å². The van der Waals surface area contributed by atoms with Crippen molar-refractivity contribution in [2.24, 2.45) is 0 Å². The molecule has 2 N–H and O–H groups in total. The molecule has 1 saturated heterocycles. The van der Waals surface area contributed by atoms with Crippen molar-refractivity contribution in [3.8, 4) is 0 Å².